The third kappa shape index (κ3) is 1.51. The maximum atomic E-state index is 5.82. The summed E-state index contributed by atoms with van der Waals surface area (Å²) < 4.78 is 11.1. The van der Waals surface area contributed by atoms with E-state index < -0.39 is 0 Å². The second kappa shape index (κ2) is 3.75. The Morgan fingerprint density at radius 2 is 2.31 bits per heavy atom. The van der Waals surface area contributed by atoms with Gasteiger partial charge in [-0.15, -0.1) is 0 Å². The summed E-state index contributed by atoms with van der Waals surface area (Å²) in [5.41, 5.74) is 0. The highest BCUT2D eigenvalue weighted by Gasteiger charge is 2.35. The maximum Gasteiger partial charge on any atom is 0.224 e. The summed E-state index contributed by atoms with van der Waals surface area (Å²) in [6.45, 7) is 4.10. The van der Waals surface area contributed by atoms with Crippen LogP contribution in [0.5, 0.6) is 5.75 Å². The zero-order valence-electron chi connectivity index (χ0n) is 8.89. The fourth-order valence-corrected chi connectivity index (χ4v) is 2.35. The van der Waals surface area contributed by atoms with Crippen LogP contribution in [0.4, 0.5) is 5.82 Å². The van der Waals surface area contributed by atoms with Gasteiger partial charge in [0.15, 0.2) is 11.6 Å². The van der Waals surface area contributed by atoms with E-state index >= 15 is 0 Å². The summed E-state index contributed by atoms with van der Waals surface area (Å²) in [6.07, 6.45) is 1.63. The average molecular weight is 242 g/mol. The Morgan fingerprint density at radius 3 is 3.19 bits per heavy atom. The van der Waals surface area contributed by atoms with Crippen LogP contribution in [0.3, 0.4) is 0 Å². The molecule has 0 N–H and O–H groups in total. The Labute approximate surface area is 98.3 Å². The number of halogens is 1. The van der Waals surface area contributed by atoms with E-state index in [9.17, 15) is 0 Å². The van der Waals surface area contributed by atoms with E-state index in [1.54, 1.807) is 6.20 Å². The number of aromatic nitrogens is 2. The quantitative estimate of drug-likeness (QED) is 0.637. The molecule has 6 heteroatoms. The van der Waals surface area contributed by atoms with E-state index in [0.29, 0.717) is 25.6 Å². The van der Waals surface area contributed by atoms with Crippen LogP contribution in [0, 0.1) is 0 Å². The smallest absolute Gasteiger partial charge is 0.224 e. The molecule has 0 spiro atoms. The Kier molecular flexibility index (Phi) is 2.37. The third-order valence-electron chi connectivity index (χ3n) is 2.92. The van der Waals surface area contributed by atoms with Gasteiger partial charge in [-0.3, -0.25) is 0 Å². The van der Waals surface area contributed by atoms with E-state index in [4.69, 9.17) is 21.1 Å². The van der Waals surface area contributed by atoms with Crippen molar-refractivity contribution in [2.75, 3.05) is 24.7 Å². The molecule has 0 bridgehead atoms. The number of nitrogens with zero attached hydrogens (tertiary/aromatic N) is 3. The molecule has 16 heavy (non-hydrogen) atoms. The monoisotopic (exact) mass is 241 g/mol. The van der Waals surface area contributed by atoms with Crippen LogP contribution in [0.2, 0.25) is 5.28 Å². The molecule has 3 rings (SSSR count). The predicted molar refractivity (Wildman–Crippen MR) is 59.1 cm³/mol. The van der Waals surface area contributed by atoms with Crippen LogP contribution in [0.15, 0.2) is 6.20 Å². The molecule has 1 aromatic heterocycles. The van der Waals surface area contributed by atoms with Gasteiger partial charge in [0, 0.05) is 0 Å². The van der Waals surface area contributed by atoms with Gasteiger partial charge in [-0.25, -0.2) is 4.98 Å². The number of morpholine rings is 1. The highest BCUT2D eigenvalue weighted by atomic mass is 35.5. The molecule has 0 aliphatic carbocycles. The molecule has 3 heterocycles. The maximum absolute atomic E-state index is 5.82. The zero-order valence-corrected chi connectivity index (χ0v) is 9.65. The van der Waals surface area contributed by atoms with Gasteiger partial charge >= 0.3 is 0 Å². The standard InChI is InChI=1S/C10H12ClN3O2/c1-6-3-15-4-7-5-16-8-2-12-10(11)13-9(8)14(6)7/h2,6-7H,3-5H2,1H3/t6-,7+/m0/s1. The molecular weight excluding hydrogens is 230 g/mol. The first-order valence-electron chi connectivity index (χ1n) is 5.27. The molecule has 2 aliphatic heterocycles. The minimum Gasteiger partial charge on any atom is -0.486 e. The summed E-state index contributed by atoms with van der Waals surface area (Å²) >= 11 is 5.82. The van der Waals surface area contributed by atoms with Gasteiger partial charge < -0.3 is 14.4 Å². The van der Waals surface area contributed by atoms with Crippen LogP contribution < -0.4 is 9.64 Å². The van der Waals surface area contributed by atoms with Gasteiger partial charge in [0.05, 0.1) is 31.5 Å². The lowest BCUT2D eigenvalue weighted by Crippen LogP contribution is -2.56. The van der Waals surface area contributed by atoms with Crippen molar-refractivity contribution < 1.29 is 9.47 Å². The predicted octanol–water partition coefficient (Wildman–Crippen LogP) is 1.12. The van der Waals surface area contributed by atoms with Crippen LogP contribution in [-0.2, 0) is 4.74 Å². The van der Waals surface area contributed by atoms with E-state index in [2.05, 4.69) is 21.8 Å². The molecule has 2 aliphatic rings. The second-order valence-electron chi connectivity index (χ2n) is 4.09. The molecule has 5 nitrogen and oxygen atoms in total. The van der Waals surface area contributed by atoms with E-state index in [1.165, 1.54) is 0 Å². The third-order valence-corrected chi connectivity index (χ3v) is 3.10. The fourth-order valence-electron chi connectivity index (χ4n) is 2.22. The molecule has 1 saturated heterocycles. The minimum absolute atomic E-state index is 0.224. The lowest BCUT2D eigenvalue weighted by Gasteiger charge is -2.44. The number of anilines is 1. The van der Waals surface area contributed by atoms with Crippen LogP contribution in [0.25, 0.3) is 0 Å². The van der Waals surface area contributed by atoms with Gasteiger partial charge in [-0.05, 0) is 18.5 Å². The molecule has 0 amide bonds. The summed E-state index contributed by atoms with van der Waals surface area (Å²) in [7, 11) is 0. The van der Waals surface area contributed by atoms with E-state index in [0.717, 1.165) is 5.82 Å². The van der Waals surface area contributed by atoms with Crippen molar-refractivity contribution in [3.63, 3.8) is 0 Å². The summed E-state index contributed by atoms with van der Waals surface area (Å²) in [5, 5.41) is 0.252. The zero-order chi connectivity index (χ0) is 11.1. The lowest BCUT2D eigenvalue weighted by atomic mass is 10.1. The summed E-state index contributed by atoms with van der Waals surface area (Å²) in [6, 6.07) is 0.509. The van der Waals surface area contributed by atoms with Crippen molar-refractivity contribution in [2.24, 2.45) is 0 Å². The molecule has 2 atom stereocenters. The number of hydrogen-bond acceptors (Lipinski definition) is 5. The number of hydrogen-bond donors (Lipinski definition) is 0. The molecule has 0 radical (unpaired) electrons. The highest BCUT2D eigenvalue weighted by molar-refractivity contribution is 6.28. The SMILES string of the molecule is C[C@H]1COC[C@@H]2COc3cnc(Cl)nc3N21. The van der Waals surface area contributed by atoms with Crippen LogP contribution >= 0.6 is 11.6 Å². The Bertz CT molecular complexity index is 415. The van der Waals surface area contributed by atoms with Crippen LogP contribution in [0.1, 0.15) is 6.92 Å². The first-order chi connectivity index (χ1) is 7.75. The summed E-state index contributed by atoms with van der Waals surface area (Å²) in [5.74, 6) is 1.49. The lowest BCUT2D eigenvalue weighted by molar-refractivity contribution is 0.0486. The Hall–Kier alpha value is -1.07. The second-order valence-corrected chi connectivity index (χ2v) is 4.42. The first-order valence-corrected chi connectivity index (χ1v) is 5.65. The first kappa shape index (κ1) is 10.1. The Morgan fingerprint density at radius 1 is 1.44 bits per heavy atom. The highest BCUT2D eigenvalue weighted by Crippen LogP contribution is 2.34. The molecule has 0 unspecified atom stereocenters. The van der Waals surface area contributed by atoms with Crippen molar-refractivity contribution >= 4 is 17.4 Å². The molecule has 1 aromatic rings. The van der Waals surface area contributed by atoms with Crippen molar-refractivity contribution in [3.05, 3.63) is 11.5 Å². The normalized spacial score (nSPS) is 28.0. The molecular formula is C10H12ClN3O2. The van der Waals surface area contributed by atoms with Crippen molar-refractivity contribution in [1.82, 2.24) is 9.97 Å². The fraction of sp³-hybridized carbons (Fsp3) is 0.600. The summed E-state index contributed by atoms with van der Waals surface area (Å²) in [4.78, 5) is 10.4. The van der Waals surface area contributed by atoms with Gasteiger partial charge in [0.25, 0.3) is 0 Å². The van der Waals surface area contributed by atoms with Gasteiger partial charge in [0.2, 0.25) is 5.28 Å². The average Bonchev–Trinajstić information content (AvgIpc) is 2.28. The number of rotatable bonds is 0. The van der Waals surface area contributed by atoms with Crippen molar-refractivity contribution in [3.8, 4) is 5.75 Å². The number of fused-ring (bicyclic) bond motifs is 3. The number of ether oxygens (including phenoxy) is 2. The van der Waals surface area contributed by atoms with Gasteiger partial charge in [-0.1, -0.05) is 0 Å². The van der Waals surface area contributed by atoms with Crippen molar-refractivity contribution in [2.45, 2.75) is 19.0 Å². The van der Waals surface area contributed by atoms with E-state index in [1.807, 2.05) is 0 Å². The minimum atomic E-state index is 0.224. The molecule has 86 valence electrons. The Balaban J connectivity index is 2.04. The largest absolute Gasteiger partial charge is 0.486 e. The van der Waals surface area contributed by atoms with Gasteiger partial charge in [-0.2, -0.15) is 4.98 Å². The molecule has 0 aromatic carbocycles. The van der Waals surface area contributed by atoms with E-state index in [-0.39, 0.29) is 17.4 Å². The van der Waals surface area contributed by atoms with Crippen LogP contribution in [-0.4, -0.2) is 41.9 Å². The van der Waals surface area contributed by atoms with Gasteiger partial charge in [0.1, 0.15) is 6.61 Å². The topological polar surface area (TPSA) is 47.5 Å². The molecule has 0 saturated carbocycles. The van der Waals surface area contributed by atoms with Crippen molar-refractivity contribution in [1.29, 1.82) is 0 Å². The molecule has 1 fully saturated rings.